The molecule has 0 aliphatic heterocycles. The van der Waals surface area contributed by atoms with Gasteiger partial charge >= 0.3 is 5.97 Å². The van der Waals surface area contributed by atoms with Crippen molar-refractivity contribution in [3.05, 3.63) is 28.0 Å². The molecule has 0 amide bonds. The van der Waals surface area contributed by atoms with Crippen LogP contribution in [0.1, 0.15) is 10.4 Å². The van der Waals surface area contributed by atoms with Gasteiger partial charge in [0.25, 0.3) is 0 Å². The number of carbonyl (C=O) groups is 1. The summed E-state index contributed by atoms with van der Waals surface area (Å²) in [5.41, 5.74) is 0.660. The topological polar surface area (TPSA) is 118 Å². The summed E-state index contributed by atoms with van der Waals surface area (Å²) in [7, 11) is -7.00. The Bertz CT molecular complexity index is 730. The first-order valence-corrected chi connectivity index (χ1v) is 10.3. The third kappa shape index (κ3) is 7.95. The van der Waals surface area contributed by atoms with Crippen LogP contribution in [0.5, 0.6) is 0 Å². The average molecular weight is 353 g/mol. The van der Waals surface area contributed by atoms with Crippen LogP contribution in [0.4, 0.5) is 0 Å². The zero-order valence-electron chi connectivity index (χ0n) is 11.1. The minimum absolute atomic E-state index is 0.0394. The molecule has 1 heterocycles. The molecule has 0 aliphatic rings. The Morgan fingerprint density at radius 1 is 1.33 bits per heavy atom. The lowest BCUT2D eigenvalue weighted by Crippen LogP contribution is -2.28. The lowest BCUT2D eigenvalue weighted by atomic mass is 10.3. The number of aliphatic carboxylic acids is 1. The number of thiophene rings is 1. The van der Waals surface area contributed by atoms with E-state index >= 15 is 0 Å². The van der Waals surface area contributed by atoms with Gasteiger partial charge in [-0.25, -0.2) is 26.4 Å². The summed E-state index contributed by atoms with van der Waals surface area (Å²) in [6, 6.07) is 1.66. The van der Waals surface area contributed by atoms with Crippen LogP contribution in [0.25, 0.3) is 6.08 Å². The summed E-state index contributed by atoms with van der Waals surface area (Å²) in [6.07, 6.45) is 3.37. The fourth-order valence-corrected chi connectivity index (χ4v) is 4.75. The van der Waals surface area contributed by atoms with Crippen LogP contribution in [0, 0.1) is 0 Å². The fraction of sp³-hybridized carbons (Fsp3) is 0.364. The van der Waals surface area contributed by atoms with E-state index in [-0.39, 0.29) is 6.54 Å². The van der Waals surface area contributed by atoms with Crippen molar-refractivity contribution in [2.75, 3.05) is 17.8 Å². The second-order valence-electron chi connectivity index (χ2n) is 4.29. The molecule has 1 rings (SSSR count). The molecule has 0 bridgehead atoms. The fourth-order valence-electron chi connectivity index (χ4n) is 1.26. The van der Waals surface area contributed by atoms with Gasteiger partial charge < -0.3 is 5.11 Å². The third-order valence-electron chi connectivity index (χ3n) is 2.28. The van der Waals surface area contributed by atoms with Crippen LogP contribution in [0.3, 0.4) is 0 Å². The number of carboxylic acids is 1. The lowest BCUT2D eigenvalue weighted by Gasteiger charge is -2.04. The molecule has 2 N–H and O–H groups in total. The molecule has 0 spiro atoms. The molecule has 0 unspecified atom stereocenters. The first-order chi connectivity index (χ1) is 9.57. The molecule has 0 aliphatic carbocycles. The van der Waals surface area contributed by atoms with Gasteiger partial charge in [0.15, 0.2) is 0 Å². The molecule has 1 aromatic heterocycles. The van der Waals surface area contributed by atoms with Gasteiger partial charge in [-0.05, 0) is 23.1 Å². The Balaban J connectivity index is 2.57. The summed E-state index contributed by atoms with van der Waals surface area (Å²) in [5.74, 6) is -1.98. The minimum atomic E-state index is -3.66. The Labute approximate surface area is 127 Å². The third-order valence-corrected chi connectivity index (χ3v) is 5.77. The lowest BCUT2D eigenvalue weighted by molar-refractivity contribution is -0.131. The number of rotatable bonds is 8. The van der Waals surface area contributed by atoms with Crippen molar-refractivity contribution in [2.24, 2.45) is 0 Å². The summed E-state index contributed by atoms with van der Waals surface area (Å²) in [5, 5.41) is 10.2. The second-order valence-corrected chi connectivity index (χ2v) is 9.47. The molecule has 0 fully saturated rings. The van der Waals surface area contributed by atoms with Gasteiger partial charge in [-0.15, -0.1) is 11.3 Å². The molecule has 118 valence electrons. The largest absolute Gasteiger partial charge is 0.478 e. The number of sulfonamides is 1. The van der Waals surface area contributed by atoms with Crippen molar-refractivity contribution in [1.29, 1.82) is 0 Å². The predicted octanol–water partition coefficient (Wildman–Crippen LogP) is 0.310. The molecule has 7 nitrogen and oxygen atoms in total. The Hall–Kier alpha value is -1.23. The van der Waals surface area contributed by atoms with E-state index in [0.717, 1.165) is 12.3 Å². The first-order valence-electron chi connectivity index (χ1n) is 5.71. The van der Waals surface area contributed by atoms with Crippen molar-refractivity contribution in [1.82, 2.24) is 4.72 Å². The number of nitrogens with one attached hydrogen (secondary N) is 1. The van der Waals surface area contributed by atoms with E-state index in [1.807, 2.05) is 0 Å². The van der Waals surface area contributed by atoms with Gasteiger partial charge in [0, 0.05) is 23.8 Å². The van der Waals surface area contributed by atoms with Gasteiger partial charge in [-0.3, -0.25) is 0 Å². The monoisotopic (exact) mass is 353 g/mol. The van der Waals surface area contributed by atoms with Crippen LogP contribution < -0.4 is 4.72 Å². The molecule has 0 aromatic carbocycles. The summed E-state index contributed by atoms with van der Waals surface area (Å²) < 4.78 is 47.4. The van der Waals surface area contributed by atoms with Crippen molar-refractivity contribution >= 4 is 43.2 Å². The van der Waals surface area contributed by atoms with E-state index in [1.165, 1.54) is 17.4 Å². The van der Waals surface area contributed by atoms with Crippen LogP contribution in [0.2, 0.25) is 0 Å². The van der Waals surface area contributed by atoms with Crippen LogP contribution in [-0.4, -0.2) is 45.7 Å². The zero-order valence-corrected chi connectivity index (χ0v) is 13.6. The second kappa shape index (κ2) is 7.16. The first kappa shape index (κ1) is 17.8. The highest BCUT2D eigenvalue weighted by atomic mass is 32.2. The standard InChI is InChI=1S/C11H15NO6S3/c1-20(15,16)4-5-21(17,18)12-7-10-6-9(8-19-10)2-3-11(13)14/h2-3,6,8,12H,4-5,7H2,1H3,(H,13,14). The molecular formula is C11H15NO6S3. The van der Waals surface area contributed by atoms with E-state index < -0.39 is 37.3 Å². The summed E-state index contributed by atoms with van der Waals surface area (Å²) in [4.78, 5) is 11.1. The number of sulfone groups is 1. The Morgan fingerprint density at radius 2 is 2.00 bits per heavy atom. The molecule has 10 heteroatoms. The van der Waals surface area contributed by atoms with Crippen molar-refractivity contribution in [3.63, 3.8) is 0 Å². The number of hydrogen-bond donors (Lipinski definition) is 2. The highest BCUT2D eigenvalue weighted by Gasteiger charge is 2.14. The molecule has 21 heavy (non-hydrogen) atoms. The Kier molecular flexibility index (Phi) is 6.08. The minimum Gasteiger partial charge on any atom is -0.478 e. The maximum Gasteiger partial charge on any atom is 0.328 e. The van der Waals surface area contributed by atoms with E-state index in [1.54, 1.807) is 11.4 Å². The zero-order chi connectivity index (χ0) is 16.1. The summed E-state index contributed by atoms with van der Waals surface area (Å²) >= 11 is 1.28. The van der Waals surface area contributed by atoms with Gasteiger partial charge in [0.2, 0.25) is 10.0 Å². The molecule has 1 aromatic rings. The van der Waals surface area contributed by atoms with Crippen molar-refractivity contribution < 1.29 is 26.7 Å². The molecule has 0 atom stereocenters. The molecular weight excluding hydrogens is 338 g/mol. The Morgan fingerprint density at radius 3 is 2.57 bits per heavy atom. The maximum atomic E-state index is 11.6. The maximum absolute atomic E-state index is 11.6. The van der Waals surface area contributed by atoms with E-state index in [0.29, 0.717) is 10.4 Å². The molecule has 0 saturated heterocycles. The van der Waals surface area contributed by atoms with Gasteiger partial charge in [0.1, 0.15) is 9.84 Å². The van der Waals surface area contributed by atoms with E-state index in [9.17, 15) is 21.6 Å². The summed E-state index contributed by atoms with van der Waals surface area (Å²) in [6.45, 7) is 0.0394. The number of carboxylic acid groups (broad SMARTS) is 1. The molecule has 0 saturated carbocycles. The normalized spacial score (nSPS) is 12.8. The quantitative estimate of drug-likeness (QED) is 0.650. The van der Waals surface area contributed by atoms with Crippen molar-refractivity contribution in [2.45, 2.75) is 6.54 Å². The van der Waals surface area contributed by atoms with E-state index in [4.69, 9.17) is 5.11 Å². The van der Waals surface area contributed by atoms with Gasteiger partial charge in [-0.2, -0.15) is 0 Å². The predicted molar refractivity (Wildman–Crippen MR) is 81.3 cm³/mol. The van der Waals surface area contributed by atoms with E-state index in [2.05, 4.69) is 4.72 Å². The highest BCUT2D eigenvalue weighted by Crippen LogP contribution is 2.16. The van der Waals surface area contributed by atoms with Crippen LogP contribution in [0.15, 0.2) is 17.5 Å². The van der Waals surface area contributed by atoms with Gasteiger partial charge in [-0.1, -0.05) is 0 Å². The van der Waals surface area contributed by atoms with Gasteiger partial charge in [0.05, 0.1) is 11.5 Å². The van der Waals surface area contributed by atoms with Crippen LogP contribution >= 0.6 is 11.3 Å². The van der Waals surface area contributed by atoms with Crippen molar-refractivity contribution in [3.8, 4) is 0 Å². The van der Waals surface area contributed by atoms with Crippen LogP contribution in [-0.2, 0) is 31.2 Å². The SMILES string of the molecule is CS(=O)(=O)CCS(=O)(=O)NCc1cc(C=CC(=O)O)cs1. The molecule has 0 radical (unpaired) electrons. The number of hydrogen-bond acceptors (Lipinski definition) is 6. The average Bonchev–Trinajstić information content (AvgIpc) is 2.79. The smallest absolute Gasteiger partial charge is 0.328 e. The highest BCUT2D eigenvalue weighted by molar-refractivity contribution is 7.93.